The van der Waals surface area contributed by atoms with Gasteiger partial charge in [0.2, 0.25) is 0 Å². The number of para-hydroxylation sites is 1. The summed E-state index contributed by atoms with van der Waals surface area (Å²) in [7, 11) is 0. The van der Waals surface area contributed by atoms with Gasteiger partial charge in [-0.2, -0.15) is 0 Å². The summed E-state index contributed by atoms with van der Waals surface area (Å²) in [5, 5.41) is 2.68. The molecule has 0 aliphatic heterocycles. The molecule has 3 heterocycles. The quantitative estimate of drug-likeness (QED) is 0.177. The number of nitrogens with zero attached hydrogens (tertiary/aromatic N) is 4. The van der Waals surface area contributed by atoms with Crippen molar-refractivity contribution in [3.8, 4) is 51.0 Å². The van der Waals surface area contributed by atoms with E-state index in [0.717, 1.165) is 38.6 Å². The molecule has 11 aromatic rings. The number of hydrogen-bond donors (Lipinski definition) is 0. The second-order valence-corrected chi connectivity index (χ2v) is 14.3. The first kappa shape index (κ1) is 26.2. The Bertz CT molecular complexity index is 3640. The molecular weight excluding hydrogens is 697 g/mol. The van der Waals surface area contributed by atoms with Crippen LogP contribution in [0.1, 0.15) is 30.8 Å². The molecule has 0 N–H and O–H groups in total. The lowest BCUT2D eigenvalue weighted by atomic mass is 9.88. The summed E-state index contributed by atoms with van der Waals surface area (Å²) in [6.45, 7) is 0. The van der Waals surface area contributed by atoms with Crippen LogP contribution in [0.4, 0.5) is 0 Å². The molecule has 57 heavy (non-hydrogen) atoms. The smallest absolute Gasteiger partial charge is 0.164 e. The van der Waals surface area contributed by atoms with Crippen LogP contribution in [-0.2, 0) is 0 Å². The van der Waals surface area contributed by atoms with Crippen molar-refractivity contribution in [2.75, 3.05) is 0 Å². The molecule has 12 rings (SSSR count). The second-order valence-electron chi connectivity index (χ2n) is 14.3. The molecule has 1 aliphatic rings. The van der Waals surface area contributed by atoms with E-state index < -0.39 is 5.92 Å². The lowest BCUT2D eigenvalue weighted by Crippen LogP contribution is -2.03. The maximum Gasteiger partial charge on any atom is 0.164 e. The molecule has 0 saturated heterocycles. The van der Waals surface area contributed by atoms with Gasteiger partial charge in [-0.1, -0.05) is 152 Å². The van der Waals surface area contributed by atoms with E-state index in [9.17, 15) is 5.48 Å². The van der Waals surface area contributed by atoms with Crippen LogP contribution in [0.5, 0.6) is 0 Å². The molecule has 0 bridgehead atoms. The lowest BCUT2D eigenvalue weighted by Gasteiger charge is -2.18. The van der Waals surface area contributed by atoms with Crippen molar-refractivity contribution in [2.45, 2.75) is 5.92 Å². The predicted molar refractivity (Wildman–Crippen MR) is 231 cm³/mol. The molecule has 3 aromatic heterocycles. The SMILES string of the molecule is [2H]c1cc([2H])c2c(c1)-c1c([2H])c([2H])c3c4cc([2H])cc([2H])c4n(-c4ccc5oc6cc(-c7nc(-c8ccccc8)nc(-c8ccccc8)n7)ccc6c5c4)c3c1C2c1ccccc1. The highest BCUT2D eigenvalue weighted by atomic mass is 16.3. The zero-order chi connectivity index (χ0) is 42.7. The molecule has 1 atom stereocenters. The van der Waals surface area contributed by atoms with Crippen LogP contribution >= 0.6 is 0 Å². The average Bonchev–Trinajstić information content (AvgIpc) is 3.96. The molecule has 266 valence electrons. The number of hydrogen-bond acceptors (Lipinski definition) is 4. The third kappa shape index (κ3) is 4.92. The van der Waals surface area contributed by atoms with E-state index in [2.05, 4.69) is 0 Å². The van der Waals surface area contributed by atoms with Gasteiger partial charge in [0, 0.05) is 49.8 Å². The summed E-state index contributed by atoms with van der Waals surface area (Å²) in [6.07, 6.45) is 0. The Morgan fingerprint density at radius 1 is 0.491 bits per heavy atom. The third-order valence-electron chi connectivity index (χ3n) is 11.0. The Hall–Kier alpha value is -7.63. The summed E-state index contributed by atoms with van der Waals surface area (Å²) in [6, 6.07) is 48.3. The molecule has 5 nitrogen and oxygen atoms in total. The van der Waals surface area contributed by atoms with Gasteiger partial charge in [0.05, 0.1) is 19.3 Å². The minimum atomic E-state index is -0.499. The van der Waals surface area contributed by atoms with Crippen molar-refractivity contribution in [1.29, 1.82) is 0 Å². The van der Waals surface area contributed by atoms with E-state index in [1.54, 1.807) is 12.1 Å². The van der Waals surface area contributed by atoms with Gasteiger partial charge in [-0.05, 0) is 64.2 Å². The molecule has 0 saturated carbocycles. The topological polar surface area (TPSA) is 56.7 Å². The lowest BCUT2D eigenvalue weighted by molar-refractivity contribution is 0.669. The Morgan fingerprint density at radius 2 is 1.18 bits per heavy atom. The van der Waals surface area contributed by atoms with Crippen LogP contribution in [0.3, 0.4) is 0 Å². The maximum absolute atomic E-state index is 9.56. The van der Waals surface area contributed by atoms with Gasteiger partial charge in [-0.15, -0.1) is 0 Å². The van der Waals surface area contributed by atoms with Gasteiger partial charge in [0.15, 0.2) is 17.5 Å². The fraction of sp³-hybridized carbons (Fsp3) is 0.0192. The molecule has 1 aliphatic carbocycles. The molecule has 0 fully saturated rings. The number of fused-ring (bicyclic) bond motifs is 10. The van der Waals surface area contributed by atoms with E-state index in [0.29, 0.717) is 72.8 Å². The maximum atomic E-state index is 9.56. The van der Waals surface area contributed by atoms with E-state index in [-0.39, 0.29) is 36.3 Å². The summed E-state index contributed by atoms with van der Waals surface area (Å²) < 4.78 is 63.4. The molecular formula is C52H32N4O. The van der Waals surface area contributed by atoms with Crippen LogP contribution < -0.4 is 0 Å². The molecule has 0 amide bonds. The zero-order valence-corrected chi connectivity index (χ0v) is 30.2. The van der Waals surface area contributed by atoms with Crippen molar-refractivity contribution in [3.63, 3.8) is 0 Å². The second kappa shape index (κ2) is 12.4. The highest BCUT2D eigenvalue weighted by Crippen LogP contribution is 2.52. The van der Waals surface area contributed by atoms with Crippen molar-refractivity contribution in [2.24, 2.45) is 0 Å². The van der Waals surface area contributed by atoms with E-state index in [1.807, 2.05) is 132 Å². The highest BCUT2D eigenvalue weighted by Gasteiger charge is 2.33. The largest absolute Gasteiger partial charge is 0.456 e. The Labute approximate surface area is 336 Å². The third-order valence-corrected chi connectivity index (χ3v) is 11.0. The van der Waals surface area contributed by atoms with E-state index in [4.69, 9.17) is 22.1 Å². The van der Waals surface area contributed by atoms with Crippen molar-refractivity contribution >= 4 is 43.7 Å². The van der Waals surface area contributed by atoms with Crippen LogP contribution in [0.25, 0.3) is 94.7 Å². The zero-order valence-electron chi connectivity index (χ0n) is 36.2. The minimum absolute atomic E-state index is 0.0137. The summed E-state index contributed by atoms with van der Waals surface area (Å²) in [4.78, 5) is 14.7. The summed E-state index contributed by atoms with van der Waals surface area (Å²) >= 11 is 0. The van der Waals surface area contributed by atoms with Crippen LogP contribution in [0.15, 0.2) is 192 Å². The Kier molecular flexibility index (Phi) is 5.73. The highest BCUT2D eigenvalue weighted by molar-refractivity contribution is 6.14. The normalized spacial score (nSPS) is 14.9. The Balaban J connectivity index is 1.10. The average molecular weight is 735 g/mol. The number of furan rings is 1. The summed E-state index contributed by atoms with van der Waals surface area (Å²) in [5.41, 5.74) is 9.03. The van der Waals surface area contributed by atoms with Gasteiger partial charge < -0.3 is 8.98 Å². The molecule has 0 radical (unpaired) electrons. The fourth-order valence-corrected chi connectivity index (χ4v) is 8.50. The van der Waals surface area contributed by atoms with Crippen LogP contribution in [-0.4, -0.2) is 19.5 Å². The molecule has 8 aromatic carbocycles. The number of benzene rings is 8. The van der Waals surface area contributed by atoms with Gasteiger partial charge in [0.25, 0.3) is 0 Å². The van der Waals surface area contributed by atoms with Crippen molar-refractivity contribution < 1.29 is 12.6 Å². The van der Waals surface area contributed by atoms with E-state index >= 15 is 0 Å². The molecule has 1 unspecified atom stereocenters. The van der Waals surface area contributed by atoms with Gasteiger partial charge in [-0.3, -0.25) is 0 Å². The molecule has 0 spiro atoms. The van der Waals surface area contributed by atoms with Gasteiger partial charge in [0.1, 0.15) is 11.2 Å². The predicted octanol–water partition coefficient (Wildman–Crippen LogP) is 13.0. The van der Waals surface area contributed by atoms with Gasteiger partial charge in [-0.25, -0.2) is 15.0 Å². The van der Waals surface area contributed by atoms with Gasteiger partial charge >= 0.3 is 0 Å². The van der Waals surface area contributed by atoms with E-state index in [1.165, 1.54) is 12.1 Å². The van der Waals surface area contributed by atoms with Crippen molar-refractivity contribution in [1.82, 2.24) is 19.5 Å². The van der Waals surface area contributed by atoms with Crippen molar-refractivity contribution in [3.05, 3.63) is 205 Å². The monoisotopic (exact) mass is 734 g/mol. The standard InChI is InChI=1S/C52H32N4O/c1-4-14-32(15-5-1)47-40-22-11-10-20-37(40)41-27-28-42-38-21-12-13-23-44(38)56(49(42)48(41)47)36-25-29-45-43(31-36)39-26-24-35(30-46(39)57-45)52-54-50(33-16-6-2-7-17-33)53-51(55-52)34-18-8-3-9-19-34/h1-31,47H/i10D,12D,22D,23D,27D,28D. The number of rotatable bonds is 5. The first-order valence-corrected chi connectivity index (χ1v) is 18.8. The Morgan fingerprint density at radius 3 is 1.93 bits per heavy atom. The van der Waals surface area contributed by atoms with Crippen LogP contribution in [0.2, 0.25) is 0 Å². The minimum Gasteiger partial charge on any atom is -0.456 e. The first-order chi connectivity index (χ1) is 30.7. The fourth-order valence-electron chi connectivity index (χ4n) is 8.50. The molecule has 5 heteroatoms. The number of aromatic nitrogens is 4. The summed E-state index contributed by atoms with van der Waals surface area (Å²) in [5.74, 6) is 1.12. The first-order valence-electron chi connectivity index (χ1n) is 21.8. The van der Waals surface area contributed by atoms with Crippen LogP contribution in [0, 0.1) is 0 Å².